The smallest absolute Gasteiger partial charge is 0.142 e. The number of aryl methyl sites for hydroxylation is 2. The molecule has 0 bridgehead atoms. The van der Waals surface area contributed by atoms with Gasteiger partial charge in [0.05, 0.1) is 0 Å². The van der Waals surface area contributed by atoms with E-state index < -0.39 is 0 Å². The van der Waals surface area contributed by atoms with Crippen molar-refractivity contribution in [3.63, 3.8) is 0 Å². The molecule has 0 aromatic carbocycles. The summed E-state index contributed by atoms with van der Waals surface area (Å²) < 4.78 is 0. The van der Waals surface area contributed by atoms with E-state index >= 15 is 0 Å². The van der Waals surface area contributed by atoms with Crippen LogP contribution >= 0.6 is 11.3 Å². The van der Waals surface area contributed by atoms with E-state index in [0.29, 0.717) is 12.0 Å². The van der Waals surface area contributed by atoms with Crippen LogP contribution in [-0.2, 0) is 6.42 Å². The van der Waals surface area contributed by atoms with E-state index in [1.807, 2.05) is 13.0 Å². The molecule has 1 fully saturated rings. The summed E-state index contributed by atoms with van der Waals surface area (Å²) in [7, 11) is 0. The van der Waals surface area contributed by atoms with Crippen molar-refractivity contribution in [3.8, 4) is 10.7 Å². The summed E-state index contributed by atoms with van der Waals surface area (Å²) in [6, 6.07) is 2.70. The molecule has 3 rings (SSSR count). The third-order valence-electron chi connectivity index (χ3n) is 4.59. The third-order valence-corrected chi connectivity index (χ3v) is 5.57. The molecule has 1 aliphatic rings. The van der Waals surface area contributed by atoms with Crippen molar-refractivity contribution in [2.24, 2.45) is 5.92 Å². The lowest BCUT2D eigenvalue weighted by Crippen LogP contribution is -2.39. The van der Waals surface area contributed by atoms with Crippen molar-refractivity contribution in [2.75, 3.05) is 13.1 Å². The van der Waals surface area contributed by atoms with Gasteiger partial charge in [-0.1, -0.05) is 0 Å². The summed E-state index contributed by atoms with van der Waals surface area (Å²) in [6.45, 7) is 11.0. The maximum atomic E-state index is 4.79. The van der Waals surface area contributed by atoms with Gasteiger partial charge in [-0.3, -0.25) is 0 Å². The van der Waals surface area contributed by atoms with Crippen LogP contribution in [0.3, 0.4) is 0 Å². The fourth-order valence-corrected chi connectivity index (χ4v) is 3.99. The maximum absolute atomic E-state index is 4.79. The van der Waals surface area contributed by atoms with Gasteiger partial charge in [-0.05, 0) is 65.6 Å². The topological polar surface area (TPSA) is 41.9 Å². The molecule has 0 unspecified atom stereocenters. The Morgan fingerprint density at radius 2 is 1.87 bits per heavy atom. The molecule has 0 N–H and O–H groups in total. The third kappa shape index (κ3) is 4.15. The molecule has 4 nitrogen and oxygen atoms in total. The SMILES string of the molecule is Cc1cc(-c2nc(C)cs2)nc(CC2CCN(C(C)C)CC2)n1. The largest absolute Gasteiger partial charge is 0.301 e. The van der Waals surface area contributed by atoms with Crippen LogP contribution in [0, 0.1) is 19.8 Å². The van der Waals surface area contributed by atoms with E-state index in [1.54, 1.807) is 11.3 Å². The predicted octanol–water partition coefficient (Wildman–Crippen LogP) is 3.88. The highest BCUT2D eigenvalue weighted by molar-refractivity contribution is 7.13. The lowest BCUT2D eigenvalue weighted by atomic mass is 9.92. The quantitative estimate of drug-likeness (QED) is 0.853. The van der Waals surface area contributed by atoms with Crippen molar-refractivity contribution < 1.29 is 0 Å². The summed E-state index contributed by atoms with van der Waals surface area (Å²) in [4.78, 5) is 16.6. The number of piperidine rings is 1. The van der Waals surface area contributed by atoms with Crippen LogP contribution in [0.25, 0.3) is 10.7 Å². The number of nitrogens with zero attached hydrogens (tertiary/aromatic N) is 4. The van der Waals surface area contributed by atoms with Gasteiger partial charge in [0.15, 0.2) is 0 Å². The van der Waals surface area contributed by atoms with Crippen LogP contribution in [0.1, 0.15) is 43.9 Å². The zero-order chi connectivity index (χ0) is 16.4. The minimum absolute atomic E-state index is 0.658. The molecule has 2 aromatic heterocycles. The minimum Gasteiger partial charge on any atom is -0.301 e. The van der Waals surface area contributed by atoms with Crippen LogP contribution in [-0.4, -0.2) is 39.0 Å². The lowest BCUT2D eigenvalue weighted by molar-refractivity contribution is 0.148. The molecule has 5 heteroatoms. The second-order valence-electron chi connectivity index (χ2n) is 6.88. The molecule has 0 aliphatic carbocycles. The Balaban J connectivity index is 1.70. The van der Waals surface area contributed by atoms with Gasteiger partial charge in [0, 0.05) is 29.2 Å². The second-order valence-corrected chi connectivity index (χ2v) is 7.74. The summed E-state index contributed by atoms with van der Waals surface area (Å²) in [5.74, 6) is 1.69. The lowest BCUT2D eigenvalue weighted by Gasteiger charge is -2.34. The van der Waals surface area contributed by atoms with E-state index in [1.165, 1.54) is 25.9 Å². The van der Waals surface area contributed by atoms with Crippen LogP contribution in [0.2, 0.25) is 0 Å². The Bertz CT molecular complexity index is 657. The summed E-state index contributed by atoms with van der Waals surface area (Å²) in [5, 5.41) is 3.08. The van der Waals surface area contributed by atoms with Crippen molar-refractivity contribution in [1.82, 2.24) is 19.9 Å². The highest BCUT2D eigenvalue weighted by Gasteiger charge is 2.22. The summed E-state index contributed by atoms with van der Waals surface area (Å²) in [5.41, 5.74) is 3.08. The number of aromatic nitrogens is 3. The fourth-order valence-electron chi connectivity index (χ4n) is 3.23. The van der Waals surface area contributed by atoms with E-state index in [-0.39, 0.29) is 0 Å². The van der Waals surface area contributed by atoms with E-state index in [2.05, 4.69) is 41.0 Å². The number of hydrogen-bond donors (Lipinski definition) is 0. The molecule has 3 heterocycles. The first-order chi connectivity index (χ1) is 11.0. The highest BCUT2D eigenvalue weighted by Crippen LogP contribution is 2.25. The maximum Gasteiger partial charge on any atom is 0.142 e. The van der Waals surface area contributed by atoms with Gasteiger partial charge in [-0.15, -0.1) is 11.3 Å². The van der Waals surface area contributed by atoms with Crippen LogP contribution in [0.4, 0.5) is 0 Å². The van der Waals surface area contributed by atoms with Gasteiger partial charge in [0.1, 0.15) is 16.5 Å². The van der Waals surface area contributed by atoms with Gasteiger partial charge in [-0.25, -0.2) is 15.0 Å². The molecule has 23 heavy (non-hydrogen) atoms. The van der Waals surface area contributed by atoms with Gasteiger partial charge in [0.2, 0.25) is 0 Å². The molecule has 0 spiro atoms. The van der Waals surface area contributed by atoms with Gasteiger partial charge in [-0.2, -0.15) is 0 Å². The number of thiazole rings is 1. The highest BCUT2D eigenvalue weighted by atomic mass is 32.1. The first-order valence-electron chi connectivity index (χ1n) is 8.52. The monoisotopic (exact) mass is 330 g/mol. The zero-order valence-corrected chi connectivity index (χ0v) is 15.4. The average molecular weight is 331 g/mol. The second kappa shape index (κ2) is 7.05. The summed E-state index contributed by atoms with van der Waals surface area (Å²) >= 11 is 1.66. The van der Waals surface area contributed by atoms with Gasteiger partial charge in [0.25, 0.3) is 0 Å². The van der Waals surface area contributed by atoms with E-state index in [4.69, 9.17) is 4.98 Å². The molecule has 0 radical (unpaired) electrons. The molecule has 0 amide bonds. The first-order valence-corrected chi connectivity index (χ1v) is 9.40. The average Bonchev–Trinajstić information content (AvgIpc) is 2.94. The van der Waals surface area contributed by atoms with E-state index in [0.717, 1.165) is 34.3 Å². The fraction of sp³-hybridized carbons (Fsp3) is 0.611. The van der Waals surface area contributed by atoms with E-state index in [9.17, 15) is 0 Å². The van der Waals surface area contributed by atoms with Crippen molar-refractivity contribution in [1.29, 1.82) is 0 Å². The molecular weight excluding hydrogens is 304 g/mol. The van der Waals surface area contributed by atoms with Crippen molar-refractivity contribution >= 4 is 11.3 Å². The van der Waals surface area contributed by atoms with Crippen LogP contribution < -0.4 is 0 Å². The molecule has 0 saturated carbocycles. The number of hydrogen-bond acceptors (Lipinski definition) is 5. The Morgan fingerprint density at radius 1 is 1.13 bits per heavy atom. The first kappa shape index (κ1) is 16.5. The molecular formula is C18H26N4S. The summed E-state index contributed by atoms with van der Waals surface area (Å²) in [6.07, 6.45) is 3.49. The number of rotatable bonds is 4. The normalized spacial score (nSPS) is 17.1. The minimum atomic E-state index is 0.658. The number of likely N-dealkylation sites (tertiary alicyclic amines) is 1. The Morgan fingerprint density at radius 3 is 2.48 bits per heavy atom. The van der Waals surface area contributed by atoms with Gasteiger partial charge < -0.3 is 4.90 Å². The predicted molar refractivity (Wildman–Crippen MR) is 95.8 cm³/mol. The molecule has 0 atom stereocenters. The molecule has 1 aliphatic heterocycles. The van der Waals surface area contributed by atoms with Crippen molar-refractivity contribution in [3.05, 3.63) is 28.7 Å². The Labute approximate surface area is 143 Å². The molecule has 124 valence electrons. The van der Waals surface area contributed by atoms with Crippen molar-refractivity contribution in [2.45, 2.75) is 53.0 Å². The van der Waals surface area contributed by atoms with Crippen LogP contribution in [0.15, 0.2) is 11.4 Å². The standard InChI is InChI=1S/C18H26N4S/c1-12(2)22-7-5-15(6-8-22)10-17-19-13(3)9-16(21-17)18-20-14(4)11-23-18/h9,11-12,15H,5-8,10H2,1-4H3. The Hall–Kier alpha value is -1.33. The zero-order valence-electron chi connectivity index (χ0n) is 14.5. The molecule has 2 aromatic rings. The Kier molecular flexibility index (Phi) is 5.07. The van der Waals surface area contributed by atoms with Crippen LogP contribution in [0.5, 0.6) is 0 Å². The van der Waals surface area contributed by atoms with Gasteiger partial charge >= 0.3 is 0 Å². The molecule has 1 saturated heterocycles.